The monoisotopic (exact) mass is 308 g/mol. The highest BCUT2D eigenvalue weighted by atomic mass is 19.1. The second-order valence-corrected chi connectivity index (χ2v) is 5.79. The van der Waals surface area contributed by atoms with Crippen LogP contribution in [0.1, 0.15) is 25.7 Å². The Hall–Kier alpha value is -1.66. The molecule has 1 amide bonds. The van der Waals surface area contributed by atoms with E-state index in [-0.39, 0.29) is 23.8 Å². The van der Waals surface area contributed by atoms with Crippen LogP contribution in [0.25, 0.3) is 0 Å². The second kappa shape index (κ2) is 7.07. The summed E-state index contributed by atoms with van der Waals surface area (Å²) in [5.74, 6) is -0.344. The van der Waals surface area contributed by atoms with Gasteiger partial charge in [-0.25, -0.2) is 4.39 Å². The van der Waals surface area contributed by atoms with E-state index in [1.165, 1.54) is 6.07 Å². The maximum Gasteiger partial charge on any atom is 0.226 e. The lowest BCUT2D eigenvalue weighted by atomic mass is 9.96. The van der Waals surface area contributed by atoms with E-state index in [4.69, 9.17) is 9.47 Å². The van der Waals surface area contributed by atoms with Crippen LogP contribution in [0.5, 0.6) is 5.75 Å². The first kappa shape index (κ1) is 15.2. The molecule has 2 N–H and O–H groups in total. The zero-order valence-electron chi connectivity index (χ0n) is 12.4. The Labute approximate surface area is 129 Å². The van der Waals surface area contributed by atoms with Crippen LogP contribution in [0.2, 0.25) is 0 Å². The summed E-state index contributed by atoms with van der Waals surface area (Å²) >= 11 is 0. The van der Waals surface area contributed by atoms with E-state index < -0.39 is 5.82 Å². The highest BCUT2D eigenvalue weighted by Gasteiger charge is 2.21. The van der Waals surface area contributed by atoms with Crippen LogP contribution in [-0.4, -0.2) is 37.8 Å². The highest BCUT2D eigenvalue weighted by Crippen LogP contribution is 2.28. The van der Waals surface area contributed by atoms with E-state index in [9.17, 15) is 9.18 Å². The van der Waals surface area contributed by atoms with Gasteiger partial charge in [-0.3, -0.25) is 4.79 Å². The number of amides is 1. The zero-order valence-corrected chi connectivity index (χ0v) is 12.4. The van der Waals surface area contributed by atoms with Gasteiger partial charge in [0.15, 0.2) is 11.6 Å². The van der Waals surface area contributed by atoms with Gasteiger partial charge in [0.25, 0.3) is 0 Å². The van der Waals surface area contributed by atoms with E-state index in [1.807, 2.05) is 0 Å². The van der Waals surface area contributed by atoms with Crippen molar-refractivity contribution in [2.75, 3.05) is 25.1 Å². The van der Waals surface area contributed by atoms with E-state index >= 15 is 0 Å². The molecule has 1 aliphatic heterocycles. The number of carbonyl (C=O) groups is 1. The summed E-state index contributed by atoms with van der Waals surface area (Å²) < 4.78 is 24.8. The molecule has 120 valence electrons. The average molecular weight is 308 g/mol. The molecule has 2 fully saturated rings. The van der Waals surface area contributed by atoms with Gasteiger partial charge in [0.1, 0.15) is 0 Å². The van der Waals surface area contributed by atoms with Crippen LogP contribution in [-0.2, 0) is 9.53 Å². The van der Waals surface area contributed by atoms with Gasteiger partial charge in [-0.1, -0.05) is 0 Å². The summed E-state index contributed by atoms with van der Waals surface area (Å²) in [5.41, 5.74) is 0.445. The predicted octanol–water partition coefficient (Wildman–Crippen LogP) is 2.07. The first-order valence-electron chi connectivity index (χ1n) is 7.78. The maximum atomic E-state index is 14.0. The molecular formula is C16H21FN2O3. The van der Waals surface area contributed by atoms with E-state index in [0.717, 1.165) is 25.8 Å². The lowest BCUT2D eigenvalue weighted by molar-refractivity contribution is -0.117. The van der Waals surface area contributed by atoms with Crippen molar-refractivity contribution in [3.63, 3.8) is 0 Å². The van der Waals surface area contributed by atoms with Gasteiger partial charge in [-0.05, 0) is 31.4 Å². The topological polar surface area (TPSA) is 59.6 Å². The van der Waals surface area contributed by atoms with Crippen LogP contribution in [0.3, 0.4) is 0 Å². The van der Waals surface area contributed by atoms with Gasteiger partial charge in [0.05, 0.1) is 19.3 Å². The Balaban J connectivity index is 1.52. The fourth-order valence-corrected chi connectivity index (χ4v) is 2.53. The Morgan fingerprint density at radius 2 is 2.32 bits per heavy atom. The molecule has 0 aromatic heterocycles. The van der Waals surface area contributed by atoms with Crippen LogP contribution in [0, 0.1) is 5.82 Å². The number of hydrogen-bond acceptors (Lipinski definition) is 4. The van der Waals surface area contributed by atoms with Crippen molar-refractivity contribution in [2.45, 2.75) is 37.8 Å². The lowest BCUT2D eigenvalue weighted by Crippen LogP contribution is -2.43. The molecular weight excluding hydrogens is 287 g/mol. The van der Waals surface area contributed by atoms with Gasteiger partial charge in [0, 0.05) is 30.8 Å². The summed E-state index contributed by atoms with van der Waals surface area (Å²) in [6, 6.07) is 4.56. The van der Waals surface area contributed by atoms with E-state index in [1.54, 1.807) is 12.1 Å². The SMILES string of the molecule is O=C(CC1COCCN1)Nc1ccc(OC2CCC2)c(F)c1. The highest BCUT2D eigenvalue weighted by molar-refractivity contribution is 5.91. The molecule has 6 heteroatoms. The summed E-state index contributed by atoms with van der Waals surface area (Å²) in [5, 5.41) is 5.92. The van der Waals surface area contributed by atoms with Crippen LogP contribution in [0.4, 0.5) is 10.1 Å². The molecule has 1 unspecified atom stereocenters. The van der Waals surface area contributed by atoms with Gasteiger partial charge in [-0.15, -0.1) is 0 Å². The van der Waals surface area contributed by atoms with Crippen LogP contribution < -0.4 is 15.4 Å². The molecule has 1 saturated carbocycles. The Morgan fingerprint density at radius 3 is 2.95 bits per heavy atom. The van der Waals surface area contributed by atoms with Crippen molar-refractivity contribution in [3.05, 3.63) is 24.0 Å². The van der Waals surface area contributed by atoms with E-state index in [0.29, 0.717) is 25.3 Å². The molecule has 1 saturated heterocycles. The second-order valence-electron chi connectivity index (χ2n) is 5.79. The third kappa shape index (κ3) is 3.96. The average Bonchev–Trinajstić information content (AvgIpc) is 2.45. The molecule has 0 bridgehead atoms. The quantitative estimate of drug-likeness (QED) is 0.874. The minimum absolute atomic E-state index is 0.0137. The summed E-state index contributed by atoms with van der Waals surface area (Å²) in [6.07, 6.45) is 3.54. The van der Waals surface area contributed by atoms with Crippen molar-refractivity contribution in [1.82, 2.24) is 5.32 Å². The Bertz CT molecular complexity index is 528. The summed E-state index contributed by atoms with van der Waals surface area (Å²) in [7, 11) is 0. The molecule has 1 aromatic rings. The zero-order chi connectivity index (χ0) is 15.4. The van der Waals surface area contributed by atoms with Crippen molar-refractivity contribution in [1.29, 1.82) is 0 Å². The third-order valence-corrected chi connectivity index (χ3v) is 3.99. The molecule has 1 heterocycles. The minimum Gasteiger partial charge on any atom is -0.487 e. The van der Waals surface area contributed by atoms with Gasteiger partial charge in [0.2, 0.25) is 5.91 Å². The number of morpholine rings is 1. The first-order valence-corrected chi connectivity index (χ1v) is 7.78. The molecule has 22 heavy (non-hydrogen) atoms. The van der Waals surface area contributed by atoms with Crippen molar-refractivity contribution in [3.8, 4) is 5.75 Å². The predicted molar refractivity (Wildman–Crippen MR) is 80.5 cm³/mol. The van der Waals surface area contributed by atoms with Gasteiger partial charge >= 0.3 is 0 Å². The van der Waals surface area contributed by atoms with Crippen LogP contribution in [0.15, 0.2) is 18.2 Å². The molecule has 1 atom stereocenters. The summed E-state index contributed by atoms with van der Waals surface area (Å²) in [4.78, 5) is 11.9. The maximum absolute atomic E-state index is 14.0. The standard InChI is InChI=1S/C16H21FN2O3/c17-14-8-11(4-5-15(14)22-13-2-1-3-13)19-16(20)9-12-10-21-7-6-18-12/h4-5,8,12-13,18H,1-3,6-7,9-10H2,(H,19,20). The number of benzene rings is 1. The number of halogens is 1. The molecule has 0 radical (unpaired) electrons. The minimum atomic E-state index is -0.441. The number of carbonyl (C=O) groups excluding carboxylic acids is 1. The first-order chi connectivity index (χ1) is 10.7. The van der Waals surface area contributed by atoms with Crippen LogP contribution >= 0.6 is 0 Å². The third-order valence-electron chi connectivity index (χ3n) is 3.99. The van der Waals surface area contributed by atoms with Crippen molar-refractivity contribution in [2.24, 2.45) is 0 Å². The molecule has 1 aliphatic carbocycles. The van der Waals surface area contributed by atoms with Crippen molar-refractivity contribution < 1.29 is 18.7 Å². The molecule has 5 nitrogen and oxygen atoms in total. The molecule has 0 spiro atoms. The number of nitrogens with one attached hydrogen (secondary N) is 2. The number of anilines is 1. The fourth-order valence-electron chi connectivity index (χ4n) is 2.53. The number of ether oxygens (including phenoxy) is 2. The molecule has 2 aliphatic rings. The summed E-state index contributed by atoms with van der Waals surface area (Å²) in [6.45, 7) is 1.95. The molecule has 1 aromatic carbocycles. The fraction of sp³-hybridized carbons (Fsp3) is 0.562. The lowest BCUT2D eigenvalue weighted by Gasteiger charge is -2.26. The van der Waals surface area contributed by atoms with E-state index in [2.05, 4.69) is 10.6 Å². The van der Waals surface area contributed by atoms with Gasteiger partial charge in [-0.2, -0.15) is 0 Å². The van der Waals surface area contributed by atoms with Crippen molar-refractivity contribution >= 4 is 11.6 Å². The normalized spacial score (nSPS) is 22.0. The molecule has 3 rings (SSSR count). The largest absolute Gasteiger partial charge is 0.487 e. The number of rotatable bonds is 5. The smallest absolute Gasteiger partial charge is 0.226 e. The number of hydrogen-bond donors (Lipinski definition) is 2. The van der Waals surface area contributed by atoms with Gasteiger partial charge < -0.3 is 20.1 Å². The Kier molecular flexibility index (Phi) is 4.90. The Morgan fingerprint density at radius 1 is 1.45 bits per heavy atom.